The van der Waals surface area contributed by atoms with E-state index in [1.54, 1.807) is 25.3 Å². The van der Waals surface area contributed by atoms with E-state index in [1.165, 1.54) is 6.42 Å². The highest BCUT2D eigenvalue weighted by atomic mass is 35.5. The molecule has 0 saturated heterocycles. The molecule has 0 atom stereocenters. The fraction of sp³-hybridized carbons (Fsp3) is 0.400. The Kier molecular flexibility index (Phi) is 9.89. The average molecular weight is 557 g/mol. The third-order valence-electron chi connectivity index (χ3n) is 6.74. The molecular formula is C30H35Cl2N3O3. The average Bonchev–Trinajstić information content (AvgIpc) is 2.92. The summed E-state index contributed by atoms with van der Waals surface area (Å²) in [6, 6.07) is 14.9. The standard InChI is InChI=1S/C30H35Cl2N3O3/c1-35(2)16-7-17-38-28-18-20(10-13-26(28)32)29-23(24-19-22(37-3)11-14-25(24)31)12-15-27(34-29)30(36)33-21-8-5-4-6-9-21/h10-15,18-19,21H,4-9,16-17H2,1-3H3,(H,33,36). The molecule has 2 aromatic carbocycles. The van der Waals surface area contributed by atoms with E-state index in [1.807, 2.05) is 44.4 Å². The number of hydrogen-bond acceptors (Lipinski definition) is 5. The summed E-state index contributed by atoms with van der Waals surface area (Å²) in [5.74, 6) is 1.08. The van der Waals surface area contributed by atoms with E-state index in [0.29, 0.717) is 39.5 Å². The maximum atomic E-state index is 13.2. The van der Waals surface area contributed by atoms with Crippen molar-refractivity contribution in [1.29, 1.82) is 0 Å². The Bertz CT molecular complexity index is 1260. The van der Waals surface area contributed by atoms with E-state index in [9.17, 15) is 4.79 Å². The number of hydrogen-bond donors (Lipinski definition) is 1. The number of aromatic nitrogens is 1. The molecule has 0 spiro atoms. The second-order valence-corrected chi connectivity index (χ2v) is 10.7. The van der Waals surface area contributed by atoms with E-state index in [-0.39, 0.29) is 11.9 Å². The maximum Gasteiger partial charge on any atom is 0.270 e. The minimum atomic E-state index is -0.171. The first-order valence-electron chi connectivity index (χ1n) is 13.1. The molecule has 0 aliphatic heterocycles. The second kappa shape index (κ2) is 13.3. The highest BCUT2D eigenvalue weighted by Crippen LogP contribution is 2.39. The normalized spacial score (nSPS) is 13.9. The van der Waals surface area contributed by atoms with Gasteiger partial charge < -0.3 is 19.7 Å². The minimum absolute atomic E-state index is 0.171. The summed E-state index contributed by atoms with van der Waals surface area (Å²) < 4.78 is 11.5. The summed E-state index contributed by atoms with van der Waals surface area (Å²) in [5.41, 5.74) is 3.29. The Morgan fingerprint density at radius 2 is 1.76 bits per heavy atom. The van der Waals surface area contributed by atoms with Crippen LogP contribution in [-0.4, -0.2) is 56.2 Å². The van der Waals surface area contributed by atoms with Gasteiger partial charge in [-0.2, -0.15) is 0 Å². The van der Waals surface area contributed by atoms with E-state index < -0.39 is 0 Å². The number of nitrogens with one attached hydrogen (secondary N) is 1. The van der Waals surface area contributed by atoms with Crippen molar-refractivity contribution in [3.05, 3.63) is 64.3 Å². The number of carbonyl (C=O) groups excluding carboxylic acids is 1. The molecule has 0 bridgehead atoms. The molecule has 1 N–H and O–H groups in total. The number of halogens is 2. The van der Waals surface area contributed by atoms with Crippen molar-refractivity contribution < 1.29 is 14.3 Å². The van der Waals surface area contributed by atoms with Crippen molar-refractivity contribution in [2.45, 2.75) is 44.6 Å². The van der Waals surface area contributed by atoms with Crippen LogP contribution in [0, 0.1) is 0 Å². The summed E-state index contributed by atoms with van der Waals surface area (Å²) in [5, 5.41) is 4.25. The minimum Gasteiger partial charge on any atom is -0.497 e. The van der Waals surface area contributed by atoms with Gasteiger partial charge in [-0.05, 0) is 75.8 Å². The number of carbonyl (C=O) groups is 1. The van der Waals surface area contributed by atoms with Gasteiger partial charge in [-0.25, -0.2) is 4.98 Å². The molecule has 1 aliphatic carbocycles. The smallest absolute Gasteiger partial charge is 0.270 e. The number of amides is 1. The van der Waals surface area contributed by atoms with Gasteiger partial charge in [0.2, 0.25) is 0 Å². The second-order valence-electron chi connectivity index (χ2n) is 9.90. The molecule has 8 heteroatoms. The van der Waals surface area contributed by atoms with Crippen molar-refractivity contribution in [2.24, 2.45) is 0 Å². The predicted molar refractivity (Wildman–Crippen MR) is 155 cm³/mol. The third kappa shape index (κ3) is 7.19. The van der Waals surface area contributed by atoms with Crippen molar-refractivity contribution in [3.63, 3.8) is 0 Å². The highest BCUT2D eigenvalue weighted by Gasteiger charge is 2.21. The summed E-state index contributed by atoms with van der Waals surface area (Å²) >= 11 is 13.1. The fourth-order valence-corrected chi connectivity index (χ4v) is 5.08. The largest absolute Gasteiger partial charge is 0.497 e. The molecule has 3 aromatic rings. The van der Waals surface area contributed by atoms with Crippen LogP contribution < -0.4 is 14.8 Å². The first-order chi connectivity index (χ1) is 18.4. The van der Waals surface area contributed by atoms with Crippen molar-refractivity contribution in [2.75, 3.05) is 34.4 Å². The van der Waals surface area contributed by atoms with Gasteiger partial charge in [0.1, 0.15) is 17.2 Å². The Labute approximate surface area is 235 Å². The molecule has 1 saturated carbocycles. The quantitative estimate of drug-likeness (QED) is 0.270. The van der Waals surface area contributed by atoms with E-state index in [2.05, 4.69) is 10.2 Å². The molecule has 1 amide bonds. The highest BCUT2D eigenvalue weighted by molar-refractivity contribution is 6.33. The number of benzene rings is 2. The summed E-state index contributed by atoms with van der Waals surface area (Å²) in [7, 11) is 5.67. The molecular weight excluding hydrogens is 521 g/mol. The van der Waals surface area contributed by atoms with Crippen LogP contribution in [0.25, 0.3) is 22.4 Å². The van der Waals surface area contributed by atoms with Crippen LogP contribution in [0.15, 0.2) is 48.5 Å². The van der Waals surface area contributed by atoms with Crippen molar-refractivity contribution in [3.8, 4) is 33.9 Å². The topological polar surface area (TPSA) is 63.7 Å². The zero-order chi connectivity index (χ0) is 27.1. The predicted octanol–water partition coefficient (Wildman–Crippen LogP) is 7.12. The lowest BCUT2D eigenvalue weighted by atomic mass is 9.95. The van der Waals surface area contributed by atoms with Crippen LogP contribution >= 0.6 is 23.2 Å². The number of nitrogens with zero attached hydrogens (tertiary/aromatic N) is 2. The number of pyridine rings is 1. The van der Waals surface area contributed by atoms with Gasteiger partial charge in [-0.15, -0.1) is 0 Å². The molecule has 1 heterocycles. The molecule has 0 unspecified atom stereocenters. The van der Waals surface area contributed by atoms with Crippen LogP contribution in [0.4, 0.5) is 0 Å². The summed E-state index contributed by atoms with van der Waals surface area (Å²) in [4.78, 5) is 20.2. The Hall–Kier alpha value is -2.80. The lowest BCUT2D eigenvalue weighted by molar-refractivity contribution is 0.0923. The zero-order valence-electron chi connectivity index (χ0n) is 22.2. The van der Waals surface area contributed by atoms with Crippen LogP contribution in [0.3, 0.4) is 0 Å². The van der Waals surface area contributed by atoms with Gasteiger partial charge in [0.15, 0.2) is 0 Å². The monoisotopic (exact) mass is 555 g/mol. The number of ether oxygens (including phenoxy) is 2. The third-order valence-corrected chi connectivity index (χ3v) is 7.39. The van der Waals surface area contributed by atoms with E-state index in [0.717, 1.165) is 55.3 Å². The van der Waals surface area contributed by atoms with Gasteiger partial charge >= 0.3 is 0 Å². The van der Waals surface area contributed by atoms with Gasteiger partial charge in [-0.1, -0.05) is 48.5 Å². The number of rotatable bonds is 10. The molecule has 6 nitrogen and oxygen atoms in total. The van der Waals surface area contributed by atoms with Crippen LogP contribution in [0.5, 0.6) is 11.5 Å². The Morgan fingerprint density at radius 1 is 1.00 bits per heavy atom. The van der Waals surface area contributed by atoms with Gasteiger partial charge in [0, 0.05) is 34.3 Å². The molecule has 4 rings (SSSR count). The SMILES string of the molecule is COc1ccc(Cl)c(-c2ccc(C(=O)NC3CCCCC3)nc2-c2ccc(Cl)c(OCCCN(C)C)c2)c1. The molecule has 1 fully saturated rings. The van der Waals surface area contributed by atoms with Crippen LogP contribution in [-0.2, 0) is 0 Å². The first-order valence-corrected chi connectivity index (χ1v) is 13.8. The molecule has 1 aliphatic rings. The molecule has 202 valence electrons. The first kappa shape index (κ1) is 28.2. The Balaban J connectivity index is 1.72. The fourth-order valence-electron chi connectivity index (χ4n) is 4.69. The van der Waals surface area contributed by atoms with Gasteiger partial charge in [-0.3, -0.25) is 4.79 Å². The van der Waals surface area contributed by atoms with Crippen LogP contribution in [0.2, 0.25) is 10.0 Å². The Morgan fingerprint density at radius 3 is 2.50 bits per heavy atom. The summed E-state index contributed by atoms with van der Waals surface area (Å²) in [6.45, 7) is 1.45. The lowest BCUT2D eigenvalue weighted by Gasteiger charge is -2.23. The molecule has 38 heavy (non-hydrogen) atoms. The summed E-state index contributed by atoms with van der Waals surface area (Å²) in [6.07, 6.45) is 6.37. The zero-order valence-corrected chi connectivity index (χ0v) is 23.7. The number of methoxy groups -OCH3 is 1. The lowest BCUT2D eigenvalue weighted by Crippen LogP contribution is -2.36. The van der Waals surface area contributed by atoms with Gasteiger partial charge in [0.25, 0.3) is 5.91 Å². The van der Waals surface area contributed by atoms with Crippen molar-refractivity contribution >= 4 is 29.1 Å². The van der Waals surface area contributed by atoms with Crippen LogP contribution in [0.1, 0.15) is 49.0 Å². The maximum absolute atomic E-state index is 13.2. The van der Waals surface area contributed by atoms with E-state index >= 15 is 0 Å². The van der Waals surface area contributed by atoms with Gasteiger partial charge in [0.05, 0.1) is 24.4 Å². The van der Waals surface area contributed by atoms with E-state index in [4.69, 9.17) is 37.7 Å². The molecule has 1 aromatic heterocycles. The van der Waals surface area contributed by atoms with Crippen molar-refractivity contribution in [1.82, 2.24) is 15.2 Å². The molecule has 0 radical (unpaired) electrons.